The number of hydrogen-bond acceptors (Lipinski definition) is 5. The Morgan fingerprint density at radius 3 is 2.79 bits per heavy atom. The number of nitrogens with zero attached hydrogens (tertiary/aromatic N) is 2. The highest BCUT2D eigenvalue weighted by Crippen LogP contribution is 2.43. The molecule has 3 aromatic rings. The van der Waals surface area contributed by atoms with Gasteiger partial charge in [0.1, 0.15) is 5.69 Å². The quantitative estimate of drug-likeness (QED) is 0.684. The third-order valence-corrected chi connectivity index (χ3v) is 4.92. The molecule has 0 aliphatic rings. The fourth-order valence-electron chi connectivity index (χ4n) is 1.78. The predicted molar refractivity (Wildman–Crippen MR) is 82.9 cm³/mol. The first-order valence-electron chi connectivity index (χ1n) is 5.27. The summed E-state index contributed by atoms with van der Waals surface area (Å²) in [5.41, 5.74) is 9.18. The lowest BCUT2D eigenvalue weighted by atomic mass is 10.0. The van der Waals surface area contributed by atoms with Crippen molar-refractivity contribution >= 4 is 49.1 Å². The van der Waals surface area contributed by atoms with E-state index in [2.05, 4.69) is 42.0 Å². The molecule has 0 radical (unpaired) electrons. The standard InChI is InChI=1S/C12H7Br2N3OS/c13-8-4-7(11(14)19-8)10-9(12(15)18-17-10)6-2-1-3-16-5-6/h1-5H,15H2. The molecule has 19 heavy (non-hydrogen) atoms. The molecule has 0 aliphatic carbocycles. The van der Waals surface area contributed by atoms with Gasteiger partial charge in [0, 0.05) is 23.5 Å². The highest BCUT2D eigenvalue weighted by atomic mass is 79.9. The first kappa shape index (κ1) is 12.8. The maximum atomic E-state index is 5.89. The van der Waals surface area contributed by atoms with Gasteiger partial charge in [-0.1, -0.05) is 11.2 Å². The molecular weight excluding hydrogens is 394 g/mol. The van der Waals surface area contributed by atoms with Crippen LogP contribution in [0.2, 0.25) is 0 Å². The summed E-state index contributed by atoms with van der Waals surface area (Å²) in [4.78, 5) is 4.10. The summed E-state index contributed by atoms with van der Waals surface area (Å²) >= 11 is 8.55. The molecule has 0 spiro atoms. The molecule has 0 fully saturated rings. The lowest BCUT2D eigenvalue weighted by Gasteiger charge is -2.00. The molecule has 0 bridgehead atoms. The summed E-state index contributed by atoms with van der Waals surface area (Å²) in [6.45, 7) is 0. The summed E-state index contributed by atoms with van der Waals surface area (Å²) in [6, 6.07) is 5.75. The van der Waals surface area contributed by atoms with Gasteiger partial charge in [-0.05, 0) is 44.0 Å². The van der Waals surface area contributed by atoms with Gasteiger partial charge in [-0.2, -0.15) is 0 Å². The number of rotatable bonds is 2. The molecule has 3 aromatic heterocycles. The van der Waals surface area contributed by atoms with E-state index in [-0.39, 0.29) is 5.88 Å². The SMILES string of the molecule is Nc1onc(-c2cc(Br)sc2Br)c1-c1cccnc1. The Morgan fingerprint density at radius 1 is 1.32 bits per heavy atom. The molecule has 0 unspecified atom stereocenters. The lowest BCUT2D eigenvalue weighted by Crippen LogP contribution is -1.87. The average Bonchev–Trinajstić information content (AvgIpc) is 2.93. The number of aromatic nitrogens is 2. The van der Waals surface area contributed by atoms with Gasteiger partial charge in [0.25, 0.3) is 0 Å². The van der Waals surface area contributed by atoms with E-state index in [0.29, 0.717) is 5.69 Å². The van der Waals surface area contributed by atoms with Gasteiger partial charge in [-0.3, -0.25) is 4.98 Å². The molecular formula is C12H7Br2N3OS. The number of nitrogen functional groups attached to an aromatic ring is 1. The molecule has 0 atom stereocenters. The van der Waals surface area contributed by atoms with Crippen LogP contribution in [0.5, 0.6) is 0 Å². The third kappa shape index (κ3) is 2.33. The highest BCUT2D eigenvalue weighted by Gasteiger charge is 2.20. The van der Waals surface area contributed by atoms with Crippen LogP contribution in [0.4, 0.5) is 5.88 Å². The lowest BCUT2D eigenvalue weighted by molar-refractivity contribution is 0.439. The van der Waals surface area contributed by atoms with E-state index in [0.717, 1.165) is 24.3 Å². The largest absolute Gasteiger partial charge is 0.367 e. The molecule has 0 amide bonds. The van der Waals surface area contributed by atoms with Crippen LogP contribution in [-0.2, 0) is 0 Å². The van der Waals surface area contributed by atoms with Crippen LogP contribution in [-0.4, -0.2) is 10.1 Å². The molecule has 96 valence electrons. The Hall–Kier alpha value is -1.18. The summed E-state index contributed by atoms with van der Waals surface area (Å²) in [5, 5.41) is 4.06. The predicted octanol–water partition coefficient (Wildman–Crippen LogP) is 4.57. The molecule has 4 nitrogen and oxygen atoms in total. The zero-order chi connectivity index (χ0) is 13.4. The normalized spacial score (nSPS) is 10.8. The van der Waals surface area contributed by atoms with Gasteiger partial charge in [0.05, 0.1) is 13.1 Å². The van der Waals surface area contributed by atoms with Gasteiger partial charge in [0.15, 0.2) is 0 Å². The average molecular weight is 401 g/mol. The van der Waals surface area contributed by atoms with Crippen LogP contribution in [0.1, 0.15) is 0 Å². The Bertz CT molecular complexity index is 724. The topological polar surface area (TPSA) is 64.9 Å². The van der Waals surface area contributed by atoms with Crippen LogP contribution >= 0.6 is 43.2 Å². The Balaban J connectivity index is 2.22. The smallest absolute Gasteiger partial charge is 0.230 e. The first-order valence-corrected chi connectivity index (χ1v) is 7.68. The van der Waals surface area contributed by atoms with E-state index in [4.69, 9.17) is 10.3 Å². The van der Waals surface area contributed by atoms with Crippen molar-refractivity contribution in [2.45, 2.75) is 0 Å². The van der Waals surface area contributed by atoms with Crippen LogP contribution < -0.4 is 5.73 Å². The number of anilines is 1. The number of pyridine rings is 1. The number of hydrogen-bond donors (Lipinski definition) is 1. The van der Waals surface area contributed by atoms with Crippen molar-refractivity contribution in [1.82, 2.24) is 10.1 Å². The Morgan fingerprint density at radius 2 is 2.16 bits per heavy atom. The first-order chi connectivity index (χ1) is 9.16. The summed E-state index contributed by atoms with van der Waals surface area (Å²) in [5.74, 6) is 0.289. The highest BCUT2D eigenvalue weighted by molar-refractivity contribution is 9.12. The minimum atomic E-state index is 0.289. The van der Waals surface area contributed by atoms with Gasteiger partial charge in [-0.25, -0.2) is 0 Å². The molecule has 0 aromatic carbocycles. The monoisotopic (exact) mass is 399 g/mol. The molecule has 7 heteroatoms. The van der Waals surface area contributed by atoms with E-state index in [1.165, 1.54) is 0 Å². The van der Waals surface area contributed by atoms with Crippen LogP contribution in [0.3, 0.4) is 0 Å². The Labute approximate surface area is 129 Å². The minimum Gasteiger partial charge on any atom is -0.367 e. The van der Waals surface area contributed by atoms with Gasteiger partial charge >= 0.3 is 0 Å². The van der Waals surface area contributed by atoms with Gasteiger partial charge in [0.2, 0.25) is 5.88 Å². The van der Waals surface area contributed by atoms with E-state index in [9.17, 15) is 0 Å². The van der Waals surface area contributed by atoms with Crippen molar-refractivity contribution in [3.05, 3.63) is 38.2 Å². The van der Waals surface area contributed by atoms with E-state index in [1.807, 2.05) is 18.2 Å². The second kappa shape index (κ2) is 5.07. The van der Waals surface area contributed by atoms with Crippen molar-refractivity contribution in [2.75, 3.05) is 5.73 Å². The zero-order valence-electron chi connectivity index (χ0n) is 9.43. The molecule has 2 N–H and O–H groups in total. The van der Waals surface area contributed by atoms with E-state index in [1.54, 1.807) is 23.7 Å². The summed E-state index contributed by atoms with van der Waals surface area (Å²) in [7, 11) is 0. The third-order valence-electron chi connectivity index (χ3n) is 2.58. The van der Waals surface area contributed by atoms with Crippen molar-refractivity contribution in [2.24, 2.45) is 0 Å². The molecule has 3 rings (SSSR count). The molecule has 0 saturated carbocycles. The minimum absolute atomic E-state index is 0.289. The van der Waals surface area contributed by atoms with Crippen LogP contribution in [0.25, 0.3) is 22.4 Å². The number of thiophene rings is 1. The second-order valence-electron chi connectivity index (χ2n) is 3.75. The second-order valence-corrected chi connectivity index (χ2v) is 7.50. The summed E-state index contributed by atoms with van der Waals surface area (Å²) < 4.78 is 7.11. The van der Waals surface area contributed by atoms with E-state index < -0.39 is 0 Å². The van der Waals surface area contributed by atoms with Crippen molar-refractivity contribution in [1.29, 1.82) is 0 Å². The van der Waals surface area contributed by atoms with E-state index >= 15 is 0 Å². The summed E-state index contributed by atoms with van der Waals surface area (Å²) in [6.07, 6.45) is 3.45. The van der Waals surface area contributed by atoms with Crippen molar-refractivity contribution < 1.29 is 4.52 Å². The zero-order valence-corrected chi connectivity index (χ0v) is 13.4. The van der Waals surface area contributed by atoms with Crippen LogP contribution in [0, 0.1) is 0 Å². The number of halogens is 2. The fraction of sp³-hybridized carbons (Fsp3) is 0. The fourth-order valence-corrected chi connectivity index (χ4v) is 4.58. The number of nitrogens with two attached hydrogens (primary N) is 1. The molecule has 3 heterocycles. The van der Waals surface area contributed by atoms with Crippen molar-refractivity contribution in [3.8, 4) is 22.4 Å². The molecule has 0 saturated heterocycles. The van der Waals surface area contributed by atoms with Gasteiger partial charge in [-0.15, -0.1) is 11.3 Å². The van der Waals surface area contributed by atoms with Crippen LogP contribution in [0.15, 0.2) is 42.7 Å². The maximum absolute atomic E-state index is 5.89. The molecule has 0 aliphatic heterocycles. The Kier molecular flexibility index (Phi) is 3.42. The van der Waals surface area contributed by atoms with Gasteiger partial charge < -0.3 is 10.3 Å². The maximum Gasteiger partial charge on any atom is 0.230 e. The van der Waals surface area contributed by atoms with Crippen molar-refractivity contribution in [3.63, 3.8) is 0 Å².